The standard InChI is InChI=1S/C9H18O5S/c1-4(2)15-9-8(13)7(12)6(11)5(3-10)14-9/h4-13H,3H2,1-2H3/t5?,6-,7?,8+,9-/m0/s1. The molecule has 1 fully saturated rings. The predicted molar refractivity (Wildman–Crippen MR) is 56.5 cm³/mol. The summed E-state index contributed by atoms with van der Waals surface area (Å²) in [5.41, 5.74) is -0.611. The van der Waals surface area contributed by atoms with E-state index in [4.69, 9.17) is 9.84 Å². The Hall–Kier alpha value is 0.150. The number of ether oxygens (including phenoxy) is 1. The van der Waals surface area contributed by atoms with Crippen LogP contribution in [0.15, 0.2) is 0 Å². The summed E-state index contributed by atoms with van der Waals surface area (Å²) >= 11 is 1.35. The fraction of sp³-hybridized carbons (Fsp3) is 1.00. The van der Waals surface area contributed by atoms with E-state index in [0.29, 0.717) is 0 Å². The Morgan fingerprint density at radius 1 is 1.13 bits per heavy atom. The minimum Gasteiger partial charge on any atom is -0.394 e. The molecule has 0 saturated carbocycles. The van der Waals surface area contributed by atoms with E-state index >= 15 is 0 Å². The van der Waals surface area contributed by atoms with E-state index in [0.717, 1.165) is 0 Å². The highest BCUT2D eigenvalue weighted by molar-refractivity contribution is 8.00. The average molecular weight is 238 g/mol. The molecule has 0 amide bonds. The molecule has 0 aromatic carbocycles. The summed E-state index contributed by atoms with van der Waals surface area (Å²) < 4.78 is 5.29. The van der Waals surface area contributed by atoms with Gasteiger partial charge in [-0.3, -0.25) is 0 Å². The van der Waals surface area contributed by atoms with Gasteiger partial charge in [0.1, 0.15) is 29.9 Å². The van der Waals surface area contributed by atoms with Crippen molar-refractivity contribution in [2.75, 3.05) is 6.61 Å². The van der Waals surface area contributed by atoms with Gasteiger partial charge in [0.15, 0.2) is 0 Å². The van der Waals surface area contributed by atoms with Gasteiger partial charge in [0, 0.05) is 5.25 Å². The lowest BCUT2D eigenvalue weighted by Gasteiger charge is -2.40. The molecular formula is C9H18O5S. The van der Waals surface area contributed by atoms with E-state index in [1.807, 2.05) is 13.8 Å². The van der Waals surface area contributed by atoms with Crippen molar-refractivity contribution in [1.29, 1.82) is 0 Å². The molecule has 6 heteroatoms. The Bertz CT molecular complexity index is 199. The Balaban J connectivity index is 2.65. The number of thioether (sulfide) groups is 1. The largest absolute Gasteiger partial charge is 0.394 e. The van der Waals surface area contributed by atoms with Gasteiger partial charge in [0.05, 0.1) is 6.61 Å². The number of hydrogen-bond acceptors (Lipinski definition) is 6. The summed E-state index contributed by atoms with van der Waals surface area (Å²) in [7, 11) is 0. The number of aliphatic hydroxyl groups is 4. The zero-order chi connectivity index (χ0) is 11.6. The fourth-order valence-electron chi connectivity index (χ4n) is 1.45. The maximum absolute atomic E-state index is 9.63. The summed E-state index contributed by atoms with van der Waals surface area (Å²) in [6.45, 7) is 3.50. The van der Waals surface area contributed by atoms with E-state index in [1.165, 1.54) is 11.8 Å². The van der Waals surface area contributed by atoms with Gasteiger partial charge in [0.2, 0.25) is 0 Å². The van der Waals surface area contributed by atoms with Crippen LogP contribution in [0.3, 0.4) is 0 Å². The molecule has 0 bridgehead atoms. The average Bonchev–Trinajstić information content (AvgIpc) is 2.18. The number of rotatable bonds is 3. The van der Waals surface area contributed by atoms with Gasteiger partial charge in [-0.1, -0.05) is 13.8 Å². The highest BCUT2D eigenvalue weighted by atomic mass is 32.2. The van der Waals surface area contributed by atoms with Gasteiger partial charge in [-0.15, -0.1) is 11.8 Å². The molecule has 1 aliphatic heterocycles. The van der Waals surface area contributed by atoms with Crippen LogP contribution in [0.4, 0.5) is 0 Å². The molecule has 0 radical (unpaired) electrons. The summed E-state index contributed by atoms with van der Waals surface area (Å²) in [6.07, 6.45) is -4.48. The quantitative estimate of drug-likeness (QED) is 0.500. The third kappa shape index (κ3) is 3.05. The van der Waals surface area contributed by atoms with Crippen molar-refractivity contribution in [2.24, 2.45) is 0 Å². The van der Waals surface area contributed by atoms with Crippen LogP contribution in [0.1, 0.15) is 13.8 Å². The second kappa shape index (κ2) is 5.47. The summed E-state index contributed by atoms with van der Waals surface area (Å²) in [4.78, 5) is 0. The van der Waals surface area contributed by atoms with Crippen molar-refractivity contribution in [3.8, 4) is 0 Å². The van der Waals surface area contributed by atoms with Crippen LogP contribution in [-0.2, 0) is 4.74 Å². The topological polar surface area (TPSA) is 90.2 Å². The Morgan fingerprint density at radius 2 is 1.73 bits per heavy atom. The predicted octanol–water partition coefficient (Wildman–Crippen LogP) is -1.07. The monoisotopic (exact) mass is 238 g/mol. The van der Waals surface area contributed by atoms with Crippen LogP contribution in [0.5, 0.6) is 0 Å². The maximum Gasteiger partial charge on any atom is 0.132 e. The smallest absolute Gasteiger partial charge is 0.132 e. The lowest BCUT2D eigenvalue weighted by Crippen LogP contribution is -2.57. The number of aliphatic hydroxyl groups excluding tert-OH is 4. The van der Waals surface area contributed by atoms with Crippen LogP contribution >= 0.6 is 11.8 Å². The van der Waals surface area contributed by atoms with Crippen LogP contribution in [0.25, 0.3) is 0 Å². The van der Waals surface area contributed by atoms with Gasteiger partial charge < -0.3 is 25.2 Å². The molecule has 0 aromatic rings. The zero-order valence-electron chi connectivity index (χ0n) is 8.78. The molecule has 15 heavy (non-hydrogen) atoms. The summed E-state index contributed by atoms with van der Waals surface area (Å²) in [5, 5.41) is 37.8. The van der Waals surface area contributed by atoms with Crippen LogP contribution in [0.2, 0.25) is 0 Å². The van der Waals surface area contributed by atoms with Gasteiger partial charge >= 0.3 is 0 Å². The second-order valence-corrected chi connectivity index (χ2v) is 5.56. The molecule has 90 valence electrons. The normalized spacial score (nSPS) is 42.2. The molecule has 0 spiro atoms. The van der Waals surface area contributed by atoms with E-state index in [-0.39, 0.29) is 11.9 Å². The summed E-state index contributed by atoms with van der Waals surface area (Å²) in [5.74, 6) is 0. The first-order valence-electron chi connectivity index (χ1n) is 4.93. The molecule has 1 aliphatic rings. The first-order valence-corrected chi connectivity index (χ1v) is 5.87. The second-order valence-electron chi connectivity index (χ2n) is 3.88. The van der Waals surface area contributed by atoms with E-state index in [9.17, 15) is 15.3 Å². The molecule has 0 aromatic heterocycles. The number of hydrogen-bond donors (Lipinski definition) is 4. The summed E-state index contributed by atoms with van der Waals surface area (Å²) in [6, 6.07) is 0. The zero-order valence-corrected chi connectivity index (χ0v) is 9.59. The fourth-order valence-corrected chi connectivity index (χ4v) is 2.51. The molecule has 1 heterocycles. The minimum absolute atomic E-state index is 0.228. The van der Waals surface area contributed by atoms with E-state index < -0.39 is 29.9 Å². The molecule has 1 saturated heterocycles. The van der Waals surface area contributed by atoms with Gasteiger partial charge in [0.25, 0.3) is 0 Å². The first kappa shape index (κ1) is 13.2. The molecule has 1 rings (SSSR count). The molecule has 5 nitrogen and oxygen atoms in total. The Kier molecular flexibility index (Phi) is 4.82. The van der Waals surface area contributed by atoms with Crippen molar-refractivity contribution in [1.82, 2.24) is 0 Å². The SMILES string of the molecule is CC(C)S[C@@H]1OC(CO)[C@H](O)C(O)[C@H]1O. The lowest BCUT2D eigenvalue weighted by molar-refractivity contribution is -0.205. The molecule has 0 aliphatic carbocycles. The maximum atomic E-state index is 9.63. The van der Waals surface area contributed by atoms with Crippen molar-refractivity contribution < 1.29 is 25.2 Å². The highest BCUT2D eigenvalue weighted by Gasteiger charge is 2.43. The van der Waals surface area contributed by atoms with Gasteiger partial charge in [-0.05, 0) is 0 Å². The van der Waals surface area contributed by atoms with Crippen molar-refractivity contribution in [3.05, 3.63) is 0 Å². The molecule has 2 unspecified atom stereocenters. The van der Waals surface area contributed by atoms with Crippen LogP contribution in [0, 0.1) is 0 Å². The van der Waals surface area contributed by atoms with Crippen molar-refractivity contribution in [2.45, 2.75) is 48.9 Å². The first-order chi connectivity index (χ1) is 6.97. The van der Waals surface area contributed by atoms with Crippen molar-refractivity contribution in [3.63, 3.8) is 0 Å². The van der Waals surface area contributed by atoms with E-state index in [1.54, 1.807) is 0 Å². The molecule has 4 N–H and O–H groups in total. The lowest BCUT2D eigenvalue weighted by atomic mass is 10.0. The minimum atomic E-state index is -1.27. The highest BCUT2D eigenvalue weighted by Crippen LogP contribution is 2.30. The Morgan fingerprint density at radius 3 is 2.20 bits per heavy atom. The molecule has 5 atom stereocenters. The Labute approximate surface area is 93.1 Å². The van der Waals surface area contributed by atoms with Crippen LogP contribution in [-0.4, -0.2) is 62.1 Å². The third-order valence-electron chi connectivity index (χ3n) is 2.25. The van der Waals surface area contributed by atoms with Gasteiger partial charge in [-0.2, -0.15) is 0 Å². The van der Waals surface area contributed by atoms with E-state index in [2.05, 4.69) is 0 Å². The molecular weight excluding hydrogens is 220 g/mol. The third-order valence-corrected chi connectivity index (χ3v) is 3.46. The van der Waals surface area contributed by atoms with Gasteiger partial charge in [-0.25, -0.2) is 0 Å². The van der Waals surface area contributed by atoms with Crippen molar-refractivity contribution >= 4 is 11.8 Å². The van der Waals surface area contributed by atoms with Crippen LogP contribution < -0.4 is 0 Å².